The van der Waals surface area contributed by atoms with Crippen LogP contribution in [-0.2, 0) is 22.6 Å². The smallest absolute Gasteiger partial charge is 0.249 e. The van der Waals surface area contributed by atoms with Gasteiger partial charge in [0.2, 0.25) is 12.7 Å². The number of benzene rings is 1. The van der Waals surface area contributed by atoms with E-state index in [1.807, 2.05) is 37.3 Å². The van der Waals surface area contributed by atoms with E-state index in [9.17, 15) is 4.79 Å². The first-order valence-electron chi connectivity index (χ1n) is 7.36. The number of amides is 1. The topological polar surface area (TPSA) is 61.1 Å². The fourth-order valence-electron chi connectivity index (χ4n) is 2.46. The molecule has 0 atom stereocenters. The Hall–Kier alpha value is -2.47. The molecule has 122 valence electrons. The number of carbonyl (C=O) groups is 1. The lowest BCUT2D eigenvalue weighted by Gasteiger charge is -2.21. The van der Waals surface area contributed by atoms with Crippen LogP contribution in [0, 0.1) is 6.92 Å². The first-order valence-corrected chi connectivity index (χ1v) is 7.36. The predicted molar refractivity (Wildman–Crippen MR) is 82.1 cm³/mol. The molecule has 1 aliphatic heterocycles. The zero-order chi connectivity index (χ0) is 16.2. The van der Waals surface area contributed by atoms with Crippen LogP contribution >= 0.6 is 0 Å². The summed E-state index contributed by atoms with van der Waals surface area (Å²) < 4.78 is 21.2. The van der Waals surface area contributed by atoms with Gasteiger partial charge in [-0.2, -0.15) is 0 Å². The molecule has 0 bridgehead atoms. The summed E-state index contributed by atoms with van der Waals surface area (Å²) in [7, 11) is 1.51. The second-order valence-corrected chi connectivity index (χ2v) is 5.38. The molecule has 3 rings (SSSR count). The highest BCUT2D eigenvalue weighted by molar-refractivity contribution is 5.77. The van der Waals surface area contributed by atoms with Gasteiger partial charge in [0.25, 0.3) is 0 Å². The van der Waals surface area contributed by atoms with Crippen molar-refractivity contribution in [2.75, 3.05) is 20.5 Å². The van der Waals surface area contributed by atoms with E-state index in [1.54, 1.807) is 4.90 Å². The lowest BCUT2D eigenvalue weighted by atomic mass is 10.2. The van der Waals surface area contributed by atoms with Crippen molar-refractivity contribution < 1.29 is 23.4 Å². The lowest BCUT2D eigenvalue weighted by Crippen LogP contribution is -2.32. The van der Waals surface area contributed by atoms with E-state index in [1.165, 1.54) is 7.11 Å². The molecule has 1 aliphatic rings. The molecule has 1 amide bonds. The van der Waals surface area contributed by atoms with Crippen molar-refractivity contribution in [1.82, 2.24) is 4.90 Å². The molecule has 23 heavy (non-hydrogen) atoms. The van der Waals surface area contributed by atoms with Crippen LogP contribution in [0.25, 0.3) is 0 Å². The van der Waals surface area contributed by atoms with Gasteiger partial charge in [-0.1, -0.05) is 6.07 Å². The number of furan rings is 1. The van der Waals surface area contributed by atoms with Crippen LogP contribution in [0.1, 0.15) is 17.1 Å². The number of nitrogens with zero attached hydrogens (tertiary/aromatic N) is 1. The van der Waals surface area contributed by atoms with Crippen LogP contribution in [0.3, 0.4) is 0 Å². The summed E-state index contributed by atoms with van der Waals surface area (Å²) in [5.74, 6) is 2.90. The van der Waals surface area contributed by atoms with Crippen LogP contribution in [0.15, 0.2) is 34.7 Å². The molecule has 0 unspecified atom stereocenters. The Balaban J connectivity index is 1.76. The molecule has 0 spiro atoms. The van der Waals surface area contributed by atoms with Crippen molar-refractivity contribution >= 4 is 5.91 Å². The van der Waals surface area contributed by atoms with Gasteiger partial charge in [0.1, 0.15) is 18.1 Å². The molecular formula is C17H19NO5. The summed E-state index contributed by atoms with van der Waals surface area (Å²) in [5.41, 5.74) is 0.960. The summed E-state index contributed by atoms with van der Waals surface area (Å²) in [6.45, 7) is 2.98. The van der Waals surface area contributed by atoms with E-state index in [4.69, 9.17) is 18.6 Å². The van der Waals surface area contributed by atoms with Crippen molar-refractivity contribution in [2.24, 2.45) is 0 Å². The molecule has 0 N–H and O–H groups in total. The molecule has 1 aromatic heterocycles. The molecule has 2 heterocycles. The van der Waals surface area contributed by atoms with Crippen LogP contribution in [0.4, 0.5) is 0 Å². The summed E-state index contributed by atoms with van der Waals surface area (Å²) in [5, 5.41) is 0. The van der Waals surface area contributed by atoms with Gasteiger partial charge in [-0.25, -0.2) is 0 Å². The van der Waals surface area contributed by atoms with Gasteiger partial charge in [-0.05, 0) is 36.8 Å². The Labute approximate surface area is 134 Å². The zero-order valence-corrected chi connectivity index (χ0v) is 13.2. The minimum atomic E-state index is -0.0979. The fourth-order valence-corrected chi connectivity index (χ4v) is 2.46. The van der Waals surface area contributed by atoms with E-state index in [0.717, 1.165) is 22.8 Å². The maximum absolute atomic E-state index is 12.3. The summed E-state index contributed by atoms with van der Waals surface area (Å²) >= 11 is 0. The monoisotopic (exact) mass is 317 g/mol. The Bertz CT molecular complexity index is 694. The Morgan fingerprint density at radius 1 is 1.17 bits per heavy atom. The largest absolute Gasteiger partial charge is 0.464 e. The van der Waals surface area contributed by atoms with Crippen molar-refractivity contribution in [2.45, 2.75) is 20.0 Å². The number of hydrogen-bond donors (Lipinski definition) is 0. The SMILES string of the molecule is COCC(=O)N(Cc1ccc2c(c1)OCO2)Cc1ccc(C)o1. The van der Waals surface area contributed by atoms with Crippen molar-refractivity contribution in [3.8, 4) is 11.5 Å². The number of carbonyl (C=O) groups excluding carboxylic acids is 1. The molecule has 1 aromatic carbocycles. The lowest BCUT2D eigenvalue weighted by molar-refractivity contribution is -0.136. The quantitative estimate of drug-likeness (QED) is 0.819. The minimum Gasteiger partial charge on any atom is -0.464 e. The van der Waals surface area contributed by atoms with Gasteiger partial charge in [-0.15, -0.1) is 0 Å². The average molecular weight is 317 g/mol. The van der Waals surface area contributed by atoms with Gasteiger partial charge in [-0.3, -0.25) is 4.79 Å². The Morgan fingerprint density at radius 2 is 2.00 bits per heavy atom. The second-order valence-electron chi connectivity index (χ2n) is 5.38. The van der Waals surface area contributed by atoms with E-state index in [0.29, 0.717) is 18.8 Å². The average Bonchev–Trinajstić information content (AvgIpc) is 3.15. The van der Waals surface area contributed by atoms with E-state index in [-0.39, 0.29) is 19.3 Å². The minimum absolute atomic E-state index is 0.0320. The molecule has 0 fully saturated rings. The maximum Gasteiger partial charge on any atom is 0.249 e. The molecule has 6 heteroatoms. The standard InChI is InChI=1S/C17H19NO5/c1-12-3-5-14(23-12)9-18(17(19)10-20-2)8-13-4-6-15-16(7-13)22-11-21-15/h3-7H,8-11H2,1-2H3. The van der Waals surface area contributed by atoms with Gasteiger partial charge < -0.3 is 23.5 Å². The number of methoxy groups -OCH3 is 1. The summed E-state index contributed by atoms with van der Waals surface area (Å²) in [4.78, 5) is 14.0. The number of aryl methyl sites for hydroxylation is 1. The Kier molecular flexibility index (Phi) is 4.52. The maximum atomic E-state index is 12.3. The van der Waals surface area contributed by atoms with Gasteiger partial charge in [0, 0.05) is 13.7 Å². The van der Waals surface area contributed by atoms with E-state index < -0.39 is 0 Å². The highest BCUT2D eigenvalue weighted by Gasteiger charge is 2.18. The zero-order valence-electron chi connectivity index (χ0n) is 13.2. The van der Waals surface area contributed by atoms with Gasteiger partial charge in [0.05, 0.1) is 6.54 Å². The van der Waals surface area contributed by atoms with Crippen LogP contribution in [0.2, 0.25) is 0 Å². The van der Waals surface area contributed by atoms with E-state index in [2.05, 4.69) is 0 Å². The number of ether oxygens (including phenoxy) is 3. The molecule has 0 aliphatic carbocycles. The summed E-state index contributed by atoms with van der Waals surface area (Å²) in [6, 6.07) is 9.43. The molecular weight excluding hydrogens is 298 g/mol. The van der Waals surface area contributed by atoms with Crippen molar-refractivity contribution in [1.29, 1.82) is 0 Å². The third kappa shape index (κ3) is 3.65. The fraction of sp³-hybridized carbons (Fsp3) is 0.353. The molecule has 2 aromatic rings. The molecule has 6 nitrogen and oxygen atoms in total. The van der Waals surface area contributed by atoms with Crippen LogP contribution in [-0.4, -0.2) is 31.3 Å². The number of rotatable bonds is 6. The van der Waals surface area contributed by atoms with E-state index >= 15 is 0 Å². The molecule has 0 radical (unpaired) electrons. The third-order valence-corrected chi connectivity index (χ3v) is 3.57. The third-order valence-electron chi connectivity index (χ3n) is 3.57. The Morgan fingerprint density at radius 3 is 2.74 bits per heavy atom. The van der Waals surface area contributed by atoms with Crippen LogP contribution in [0.5, 0.6) is 11.5 Å². The first kappa shape index (κ1) is 15.4. The highest BCUT2D eigenvalue weighted by Crippen LogP contribution is 2.32. The van der Waals surface area contributed by atoms with Crippen molar-refractivity contribution in [3.05, 3.63) is 47.4 Å². The number of hydrogen-bond acceptors (Lipinski definition) is 5. The normalized spacial score (nSPS) is 12.4. The van der Waals surface area contributed by atoms with Crippen LogP contribution < -0.4 is 9.47 Å². The summed E-state index contributed by atoms with van der Waals surface area (Å²) in [6.07, 6.45) is 0. The predicted octanol–water partition coefficient (Wildman–Crippen LogP) is 2.49. The molecule has 0 saturated heterocycles. The highest BCUT2D eigenvalue weighted by atomic mass is 16.7. The van der Waals surface area contributed by atoms with Gasteiger partial charge >= 0.3 is 0 Å². The van der Waals surface area contributed by atoms with Gasteiger partial charge in [0.15, 0.2) is 11.5 Å². The molecule has 0 saturated carbocycles. The van der Waals surface area contributed by atoms with Crippen molar-refractivity contribution in [3.63, 3.8) is 0 Å². The second kappa shape index (κ2) is 6.75. The first-order chi connectivity index (χ1) is 11.2. The number of fused-ring (bicyclic) bond motifs is 1.